The summed E-state index contributed by atoms with van der Waals surface area (Å²) in [5.41, 5.74) is 9.72. The van der Waals surface area contributed by atoms with Crippen LogP contribution in [-0.2, 0) is 17.6 Å². The second-order valence-electron chi connectivity index (χ2n) is 6.32. The number of aromatic nitrogens is 1. The van der Waals surface area contributed by atoms with E-state index >= 15 is 0 Å². The molecule has 126 valence electrons. The van der Waals surface area contributed by atoms with Crippen LogP contribution in [0, 0.1) is 5.92 Å². The van der Waals surface area contributed by atoms with Crippen molar-refractivity contribution >= 4 is 29.2 Å². The standard InChI is InChI=1S/C18H25N3O.ClH/c1-2-12-4-3-5-16-14(11-21-17(12)16)8-9-20-18(22)13-6-7-15(19)10-13;/h3-5,11,13,15,21H,2,6-10,19H2,1H3,(H,20,22);1H. The van der Waals surface area contributed by atoms with Gasteiger partial charge in [-0.05, 0) is 43.2 Å². The maximum absolute atomic E-state index is 12.1. The molecule has 1 aliphatic rings. The number of carbonyl (C=O) groups excluding carboxylic acids is 1. The third kappa shape index (κ3) is 3.88. The molecule has 2 aromatic rings. The molecule has 1 heterocycles. The number of fused-ring (bicyclic) bond motifs is 1. The first-order chi connectivity index (χ1) is 10.7. The van der Waals surface area contributed by atoms with Gasteiger partial charge >= 0.3 is 0 Å². The molecular weight excluding hydrogens is 310 g/mol. The number of H-pyrrole nitrogens is 1. The SMILES string of the molecule is CCc1cccc2c(CCNC(=O)C3CCC(N)C3)c[nH]c12.Cl. The van der Waals surface area contributed by atoms with Crippen molar-refractivity contribution in [2.75, 3.05) is 6.54 Å². The van der Waals surface area contributed by atoms with Crippen LogP contribution in [0.1, 0.15) is 37.3 Å². The molecule has 23 heavy (non-hydrogen) atoms. The Hall–Kier alpha value is -1.52. The molecule has 1 aromatic heterocycles. The van der Waals surface area contributed by atoms with E-state index in [1.165, 1.54) is 22.0 Å². The van der Waals surface area contributed by atoms with E-state index in [0.717, 1.165) is 32.1 Å². The highest BCUT2D eigenvalue weighted by molar-refractivity contribution is 5.86. The molecule has 4 nitrogen and oxygen atoms in total. The molecule has 1 amide bonds. The lowest BCUT2D eigenvalue weighted by Gasteiger charge is -2.10. The van der Waals surface area contributed by atoms with Crippen molar-refractivity contribution < 1.29 is 4.79 Å². The van der Waals surface area contributed by atoms with Crippen LogP contribution in [0.4, 0.5) is 0 Å². The van der Waals surface area contributed by atoms with E-state index in [2.05, 4.69) is 41.6 Å². The molecular formula is C18H26ClN3O. The van der Waals surface area contributed by atoms with Crippen LogP contribution < -0.4 is 11.1 Å². The van der Waals surface area contributed by atoms with E-state index in [0.29, 0.717) is 6.54 Å². The van der Waals surface area contributed by atoms with Gasteiger partial charge in [-0.1, -0.05) is 25.1 Å². The van der Waals surface area contributed by atoms with Crippen LogP contribution in [0.5, 0.6) is 0 Å². The molecule has 2 atom stereocenters. The van der Waals surface area contributed by atoms with Crippen LogP contribution >= 0.6 is 12.4 Å². The molecule has 2 unspecified atom stereocenters. The highest BCUT2D eigenvalue weighted by Crippen LogP contribution is 2.24. The van der Waals surface area contributed by atoms with Crippen molar-refractivity contribution in [2.24, 2.45) is 11.7 Å². The number of carbonyl (C=O) groups is 1. The van der Waals surface area contributed by atoms with E-state index in [1.54, 1.807) is 0 Å². The molecule has 0 saturated heterocycles. The molecule has 5 heteroatoms. The van der Waals surface area contributed by atoms with Crippen molar-refractivity contribution in [1.82, 2.24) is 10.3 Å². The zero-order valence-corrected chi connectivity index (χ0v) is 14.4. The molecule has 4 N–H and O–H groups in total. The first-order valence-electron chi connectivity index (χ1n) is 8.30. The maximum atomic E-state index is 12.1. The molecule has 1 aromatic carbocycles. The minimum absolute atomic E-state index is 0. The Morgan fingerprint density at radius 2 is 2.17 bits per heavy atom. The number of para-hydroxylation sites is 1. The molecule has 0 spiro atoms. The van der Waals surface area contributed by atoms with Crippen LogP contribution in [0.2, 0.25) is 0 Å². The number of halogens is 1. The first-order valence-corrected chi connectivity index (χ1v) is 8.30. The number of hydrogen-bond acceptors (Lipinski definition) is 2. The third-order valence-electron chi connectivity index (χ3n) is 4.81. The highest BCUT2D eigenvalue weighted by atomic mass is 35.5. The Morgan fingerprint density at radius 1 is 1.35 bits per heavy atom. The summed E-state index contributed by atoms with van der Waals surface area (Å²) in [4.78, 5) is 15.5. The monoisotopic (exact) mass is 335 g/mol. The predicted molar refractivity (Wildman–Crippen MR) is 97.0 cm³/mol. The lowest BCUT2D eigenvalue weighted by Crippen LogP contribution is -2.31. The summed E-state index contributed by atoms with van der Waals surface area (Å²) in [5.74, 6) is 0.284. The van der Waals surface area contributed by atoms with Crippen LogP contribution in [0.15, 0.2) is 24.4 Å². The summed E-state index contributed by atoms with van der Waals surface area (Å²) < 4.78 is 0. The fraction of sp³-hybridized carbons (Fsp3) is 0.500. The summed E-state index contributed by atoms with van der Waals surface area (Å²) in [6.45, 7) is 2.86. The average molecular weight is 336 g/mol. The van der Waals surface area contributed by atoms with E-state index in [4.69, 9.17) is 5.73 Å². The fourth-order valence-corrected chi connectivity index (χ4v) is 3.50. The van der Waals surface area contributed by atoms with Crippen molar-refractivity contribution in [2.45, 2.75) is 45.1 Å². The largest absolute Gasteiger partial charge is 0.361 e. The topological polar surface area (TPSA) is 70.9 Å². The Bertz CT molecular complexity index is 667. The van der Waals surface area contributed by atoms with Gasteiger partial charge < -0.3 is 16.0 Å². The summed E-state index contributed by atoms with van der Waals surface area (Å²) in [6, 6.07) is 6.62. The van der Waals surface area contributed by atoms with Gasteiger partial charge in [0.25, 0.3) is 0 Å². The van der Waals surface area contributed by atoms with Crippen molar-refractivity contribution in [3.63, 3.8) is 0 Å². The van der Waals surface area contributed by atoms with Crippen LogP contribution in [0.25, 0.3) is 10.9 Å². The van der Waals surface area contributed by atoms with E-state index in [9.17, 15) is 4.79 Å². The van der Waals surface area contributed by atoms with Crippen molar-refractivity contribution in [3.8, 4) is 0 Å². The molecule has 3 rings (SSSR count). The van der Waals surface area contributed by atoms with Gasteiger partial charge in [0.2, 0.25) is 5.91 Å². The highest BCUT2D eigenvalue weighted by Gasteiger charge is 2.27. The maximum Gasteiger partial charge on any atom is 0.223 e. The smallest absolute Gasteiger partial charge is 0.223 e. The minimum atomic E-state index is 0. The first kappa shape index (κ1) is 17.8. The number of rotatable bonds is 5. The Labute approximate surface area is 143 Å². The van der Waals surface area contributed by atoms with Crippen LogP contribution in [0.3, 0.4) is 0 Å². The zero-order chi connectivity index (χ0) is 15.5. The van der Waals surface area contributed by atoms with E-state index in [-0.39, 0.29) is 30.3 Å². The number of nitrogens with two attached hydrogens (primary N) is 1. The van der Waals surface area contributed by atoms with Crippen molar-refractivity contribution in [1.29, 1.82) is 0 Å². The second kappa shape index (κ2) is 7.84. The lowest BCUT2D eigenvalue weighted by molar-refractivity contribution is -0.124. The third-order valence-corrected chi connectivity index (χ3v) is 4.81. The van der Waals surface area contributed by atoms with Crippen molar-refractivity contribution in [3.05, 3.63) is 35.5 Å². The van der Waals surface area contributed by atoms with Gasteiger partial charge in [0, 0.05) is 35.6 Å². The molecule has 0 radical (unpaired) electrons. The number of aromatic amines is 1. The predicted octanol–water partition coefficient (Wildman–Crippen LogP) is 2.94. The summed E-state index contributed by atoms with van der Waals surface area (Å²) >= 11 is 0. The lowest BCUT2D eigenvalue weighted by atomic mass is 10.0. The normalized spacial score (nSPS) is 20.4. The van der Waals surface area contributed by atoms with E-state index in [1.807, 2.05) is 0 Å². The van der Waals surface area contributed by atoms with Gasteiger partial charge in [-0.25, -0.2) is 0 Å². The zero-order valence-electron chi connectivity index (χ0n) is 13.6. The Balaban J connectivity index is 0.00000192. The number of aryl methyl sites for hydroxylation is 1. The van der Waals surface area contributed by atoms with Gasteiger partial charge in [0.15, 0.2) is 0 Å². The number of amides is 1. The molecule has 0 aliphatic heterocycles. The van der Waals surface area contributed by atoms with Gasteiger partial charge in [-0.3, -0.25) is 4.79 Å². The quantitative estimate of drug-likeness (QED) is 0.786. The van der Waals surface area contributed by atoms with Gasteiger partial charge in [0.05, 0.1) is 0 Å². The molecule has 0 bridgehead atoms. The second-order valence-corrected chi connectivity index (χ2v) is 6.32. The van der Waals surface area contributed by atoms with E-state index < -0.39 is 0 Å². The summed E-state index contributed by atoms with van der Waals surface area (Å²) in [7, 11) is 0. The number of hydrogen-bond donors (Lipinski definition) is 3. The van der Waals surface area contributed by atoms with Crippen LogP contribution in [-0.4, -0.2) is 23.5 Å². The number of benzene rings is 1. The fourth-order valence-electron chi connectivity index (χ4n) is 3.50. The van der Waals surface area contributed by atoms with Gasteiger partial charge in [0.1, 0.15) is 0 Å². The Kier molecular flexibility index (Phi) is 6.08. The summed E-state index contributed by atoms with van der Waals surface area (Å²) in [6.07, 6.45) is 6.69. The molecule has 1 fully saturated rings. The Morgan fingerprint density at radius 3 is 2.87 bits per heavy atom. The summed E-state index contributed by atoms with van der Waals surface area (Å²) in [5, 5.41) is 4.34. The average Bonchev–Trinajstić information content (AvgIpc) is 3.13. The molecule has 1 aliphatic carbocycles. The van der Waals surface area contributed by atoms with Gasteiger partial charge in [-0.15, -0.1) is 12.4 Å². The molecule has 1 saturated carbocycles. The minimum Gasteiger partial charge on any atom is -0.361 e. The number of nitrogens with one attached hydrogen (secondary N) is 2. The van der Waals surface area contributed by atoms with Gasteiger partial charge in [-0.2, -0.15) is 0 Å².